The van der Waals surface area contributed by atoms with Crippen molar-refractivity contribution in [3.8, 4) is 0 Å². The average molecular weight is 409 g/mol. The number of sulfonamides is 1. The van der Waals surface area contributed by atoms with Gasteiger partial charge in [-0.2, -0.15) is 4.31 Å². The average Bonchev–Trinajstić information content (AvgIpc) is 3.21. The van der Waals surface area contributed by atoms with Crippen LogP contribution in [0.5, 0.6) is 0 Å². The van der Waals surface area contributed by atoms with E-state index >= 15 is 0 Å². The Hall–Kier alpha value is -1.93. The number of benzene rings is 1. The van der Waals surface area contributed by atoms with Crippen LogP contribution in [0.4, 0.5) is 0 Å². The monoisotopic (exact) mass is 408 g/mol. The number of hydrogen-bond donors (Lipinski definition) is 0. The first-order valence-corrected chi connectivity index (χ1v) is 11.3. The van der Waals surface area contributed by atoms with Gasteiger partial charge in [-0.15, -0.1) is 0 Å². The standard InChI is InChI=1S/C20H28N2O5S/c1-15-11-16(2)13-21(12-15)19(23)14-27-20(24)17-5-7-18(8-6-17)28(25,26)22-9-3-4-10-22/h5-8,15-16H,3-4,9-14H2,1-2H3. The third-order valence-electron chi connectivity index (χ3n) is 5.34. The molecule has 28 heavy (non-hydrogen) atoms. The van der Waals surface area contributed by atoms with Crippen LogP contribution in [0.2, 0.25) is 0 Å². The fraction of sp³-hybridized carbons (Fsp3) is 0.600. The number of amides is 1. The number of ether oxygens (including phenoxy) is 1. The molecule has 2 heterocycles. The Balaban J connectivity index is 1.57. The lowest BCUT2D eigenvalue weighted by molar-refractivity contribution is -0.137. The van der Waals surface area contributed by atoms with Crippen molar-refractivity contribution in [2.24, 2.45) is 11.8 Å². The second-order valence-electron chi connectivity index (χ2n) is 7.96. The highest BCUT2D eigenvalue weighted by molar-refractivity contribution is 7.89. The van der Waals surface area contributed by atoms with E-state index in [0.717, 1.165) is 19.3 Å². The number of carbonyl (C=O) groups is 2. The molecule has 2 atom stereocenters. The molecule has 1 aromatic carbocycles. The van der Waals surface area contributed by atoms with Crippen LogP contribution in [0.3, 0.4) is 0 Å². The highest BCUT2D eigenvalue weighted by Gasteiger charge is 2.28. The van der Waals surface area contributed by atoms with Crippen molar-refractivity contribution in [2.75, 3.05) is 32.8 Å². The van der Waals surface area contributed by atoms with E-state index in [0.29, 0.717) is 38.0 Å². The molecule has 2 aliphatic rings. The Bertz CT molecular complexity index is 806. The van der Waals surface area contributed by atoms with Crippen molar-refractivity contribution in [1.82, 2.24) is 9.21 Å². The minimum Gasteiger partial charge on any atom is -0.452 e. The minimum absolute atomic E-state index is 0.165. The summed E-state index contributed by atoms with van der Waals surface area (Å²) in [6.45, 7) is 6.35. The zero-order valence-electron chi connectivity index (χ0n) is 16.5. The normalized spacial score (nSPS) is 23.6. The van der Waals surface area contributed by atoms with Gasteiger partial charge in [0.2, 0.25) is 10.0 Å². The lowest BCUT2D eigenvalue weighted by Crippen LogP contribution is -2.44. The molecule has 0 aromatic heterocycles. The maximum atomic E-state index is 12.5. The predicted octanol–water partition coefficient (Wildman–Crippen LogP) is 2.13. The van der Waals surface area contributed by atoms with Gasteiger partial charge in [-0.25, -0.2) is 13.2 Å². The molecule has 7 nitrogen and oxygen atoms in total. The fourth-order valence-corrected chi connectivity index (χ4v) is 5.53. The van der Waals surface area contributed by atoms with Crippen molar-refractivity contribution >= 4 is 21.9 Å². The van der Waals surface area contributed by atoms with Crippen molar-refractivity contribution in [3.63, 3.8) is 0 Å². The Morgan fingerprint density at radius 3 is 2.18 bits per heavy atom. The van der Waals surface area contributed by atoms with Crippen molar-refractivity contribution < 1.29 is 22.7 Å². The molecule has 1 aromatic rings. The minimum atomic E-state index is -3.51. The summed E-state index contributed by atoms with van der Waals surface area (Å²) >= 11 is 0. The largest absolute Gasteiger partial charge is 0.452 e. The summed E-state index contributed by atoms with van der Waals surface area (Å²) < 4.78 is 31.6. The fourth-order valence-electron chi connectivity index (χ4n) is 4.01. The molecule has 2 fully saturated rings. The number of rotatable bonds is 5. The number of likely N-dealkylation sites (tertiary alicyclic amines) is 1. The Kier molecular flexibility index (Phi) is 6.40. The van der Waals surface area contributed by atoms with Gasteiger partial charge in [0, 0.05) is 26.2 Å². The maximum absolute atomic E-state index is 12.5. The van der Waals surface area contributed by atoms with Gasteiger partial charge in [0.25, 0.3) is 5.91 Å². The second-order valence-corrected chi connectivity index (χ2v) is 9.89. The summed E-state index contributed by atoms with van der Waals surface area (Å²) in [5.41, 5.74) is 0.230. The molecule has 3 rings (SSSR count). The van der Waals surface area contributed by atoms with Crippen LogP contribution in [-0.4, -0.2) is 62.3 Å². The van der Waals surface area contributed by atoms with E-state index in [1.165, 1.54) is 28.6 Å². The molecule has 2 saturated heterocycles. The van der Waals surface area contributed by atoms with Crippen LogP contribution in [-0.2, 0) is 19.6 Å². The summed E-state index contributed by atoms with van der Waals surface area (Å²) in [5.74, 6) is 0.0542. The Labute approximate surface area is 166 Å². The van der Waals surface area contributed by atoms with Crippen LogP contribution in [0.1, 0.15) is 43.5 Å². The molecule has 154 valence electrons. The first kappa shape index (κ1) is 20.8. The van der Waals surface area contributed by atoms with Gasteiger partial charge in [-0.05, 0) is 55.4 Å². The number of hydrogen-bond acceptors (Lipinski definition) is 5. The topological polar surface area (TPSA) is 84.0 Å². The van der Waals surface area contributed by atoms with Crippen LogP contribution < -0.4 is 0 Å². The van der Waals surface area contributed by atoms with Crippen molar-refractivity contribution in [2.45, 2.75) is 38.0 Å². The van der Waals surface area contributed by atoms with E-state index in [4.69, 9.17) is 4.74 Å². The Morgan fingerprint density at radius 2 is 1.61 bits per heavy atom. The van der Waals surface area contributed by atoms with Crippen molar-refractivity contribution in [3.05, 3.63) is 29.8 Å². The molecule has 2 unspecified atom stereocenters. The summed E-state index contributed by atoms with van der Waals surface area (Å²) in [4.78, 5) is 26.5. The number of piperidine rings is 1. The zero-order chi connectivity index (χ0) is 20.3. The van der Waals surface area contributed by atoms with Crippen molar-refractivity contribution in [1.29, 1.82) is 0 Å². The molecule has 1 amide bonds. The summed E-state index contributed by atoms with van der Waals surface area (Å²) in [6.07, 6.45) is 2.83. The van der Waals surface area contributed by atoms with E-state index in [1.807, 2.05) is 0 Å². The highest BCUT2D eigenvalue weighted by Crippen LogP contribution is 2.22. The van der Waals surface area contributed by atoms with Gasteiger partial charge in [0.15, 0.2) is 6.61 Å². The SMILES string of the molecule is CC1CC(C)CN(C(=O)COC(=O)c2ccc(S(=O)(=O)N3CCCC3)cc2)C1. The molecule has 0 spiro atoms. The van der Waals surface area contributed by atoms with E-state index in [1.54, 1.807) is 4.90 Å². The van der Waals surface area contributed by atoms with E-state index < -0.39 is 16.0 Å². The highest BCUT2D eigenvalue weighted by atomic mass is 32.2. The maximum Gasteiger partial charge on any atom is 0.338 e. The van der Waals surface area contributed by atoms with E-state index in [-0.39, 0.29) is 23.0 Å². The quantitative estimate of drug-likeness (QED) is 0.697. The lowest BCUT2D eigenvalue weighted by Gasteiger charge is -2.34. The van der Waals surface area contributed by atoms with Gasteiger partial charge in [-0.1, -0.05) is 13.8 Å². The summed E-state index contributed by atoms with van der Waals surface area (Å²) in [7, 11) is -3.51. The lowest BCUT2D eigenvalue weighted by atomic mass is 9.92. The van der Waals surface area contributed by atoms with Crippen LogP contribution in [0.15, 0.2) is 29.2 Å². The number of esters is 1. The molecule has 0 radical (unpaired) electrons. The van der Waals surface area contributed by atoms with Crippen LogP contribution in [0, 0.1) is 11.8 Å². The molecule has 8 heteroatoms. The molecule has 0 N–H and O–H groups in total. The molecule has 0 saturated carbocycles. The summed E-state index contributed by atoms with van der Waals surface area (Å²) in [5, 5.41) is 0. The second kappa shape index (κ2) is 8.61. The molecular weight excluding hydrogens is 380 g/mol. The first-order chi connectivity index (χ1) is 13.3. The number of nitrogens with zero attached hydrogens (tertiary/aromatic N) is 2. The van der Waals surface area contributed by atoms with E-state index in [9.17, 15) is 18.0 Å². The van der Waals surface area contributed by atoms with Gasteiger partial charge in [0.1, 0.15) is 0 Å². The van der Waals surface area contributed by atoms with Gasteiger partial charge < -0.3 is 9.64 Å². The molecule has 0 bridgehead atoms. The van der Waals surface area contributed by atoms with Gasteiger partial charge >= 0.3 is 5.97 Å². The van der Waals surface area contributed by atoms with E-state index in [2.05, 4.69) is 13.8 Å². The van der Waals surface area contributed by atoms with Gasteiger partial charge in [0.05, 0.1) is 10.5 Å². The Morgan fingerprint density at radius 1 is 1.04 bits per heavy atom. The third kappa shape index (κ3) is 4.72. The summed E-state index contributed by atoms with van der Waals surface area (Å²) in [6, 6.07) is 5.70. The van der Waals surface area contributed by atoms with Crippen LogP contribution >= 0.6 is 0 Å². The third-order valence-corrected chi connectivity index (χ3v) is 7.25. The zero-order valence-corrected chi connectivity index (χ0v) is 17.3. The molecule has 2 aliphatic heterocycles. The van der Waals surface area contributed by atoms with Crippen LogP contribution in [0.25, 0.3) is 0 Å². The first-order valence-electron chi connectivity index (χ1n) is 9.82. The predicted molar refractivity (Wildman–Crippen MR) is 104 cm³/mol. The number of carbonyl (C=O) groups excluding carboxylic acids is 2. The molecule has 0 aliphatic carbocycles. The smallest absolute Gasteiger partial charge is 0.338 e. The molecular formula is C20H28N2O5S. The van der Waals surface area contributed by atoms with Gasteiger partial charge in [-0.3, -0.25) is 4.79 Å².